The van der Waals surface area contributed by atoms with E-state index in [1.807, 2.05) is 4.90 Å². The zero-order chi connectivity index (χ0) is 14.9. The molecule has 0 atom stereocenters. The number of nitrogens with two attached hydrogens (primary N) is 1. The zero-order valence-electron chi connectivity index (χ0n) is 11.6. The minimum atomic E-state index is -3.47. The van der Waals surface area contributed by atoms with Crippen LogP contribution in [0.2, 0.25) is 0 Å². The lowest BCUT2D eigenvalue weighted by atomic mass is 10.1. The van der Waals surface area contributed by atoms with E-state index in [-0.39, 0.29) is 21.4 Å². The zero-order valence-corrected chi connectivity index (χ0v) is 13.2. The Morgan fingerprint density at radius 3 is 2.40 bits per heavy atom. The van der Waals surface area contributed by atoms with Crippen molar-refractivity contribution in [1.82, 2.24) is 5.32 Å². The highest BCUT2D eigenvalue weighted by molar-refractivity contribution is 7.91. The molecule has 20 heavy (non-hydrogen) atoms. The molecule has 0 saturated carbocycles. The molecule has 0 bridgehead atoms. The van der Waals surface area contributed by atoms with Crippen LogP contribution >= 0.6 is 11.3 Å². The summed E-state index contributed by atoms with van der Waals surface area (Å²) in [6, 6.07) is 0. The average Bonchev–Trinajstić information content (AvgIpc) is 2.76. The van der Waals surface area contributed by atoms with E-state index < -0.39 is 9.84 Å². The Kier molecular flexibility index (Phi) is 4.24. The van der Waals surface area contributed by atoms with E-state index in [9.17, 15) is 13.2 Å². The SMILES string of the molecule is CNC(=O)c1sc(N2CCCCC2)c(S(C)(=O)=O)c1N. The van der Waals surface area contributed by atoms with Gasteiger partial charge in [0.1, 0.15) is 14.8 Å². The van der Waals surface area contributed by atoms with Crippen molar-refractivity contribution in [2.75, 3.05) is 37.0 Å². The van der Waals surface area contributed by atoms with Crippen LogP contribution in [0.15, 0.2) is 4.90 Å². The number of thiophene rings is 1. The molecule has 1 amide bonds. The number of nitrogens with one attached hydrogen (secondary N) is 1. The Balaban J connectivity index is 2.57. The van der Waals surface area contributed by atoms with E-state index >= 15 is 0 Å². The molecule has 3 N–H and O–H groups in total. The van der Waals surface area contributed by atoms with E-state index in [2.05, 4.69) is 5.32 Å². The summed E-state index contributed by atoms with van der Waals surface area (Å²) >= 11 is 1.16. The Morgan fingerprint density at radius 2 is 1.90 bits per heavy atom. The number of sulfone groups is 1. The van der Waals surface area contributed by atoms with Crippen LogP contribution in [0.25, 0.3) is 0 Å². The van der Waals surface area contributed by atoms with Gasteiger partial charge in [-0.25, -0.2) is 8.42 Å². The van der Waals surface area contributed by atoms with Crippen molar-refractivity contribution in [2.24, 2.45) is 0 Å². The van der Waals surface area contributed by atoms with E-state index in [0.29, 0.717) is 5.00 Å². The van der Waals surface area contributed by atoms with Gasteiger partial charge in [0, 0.05) is 26.4 Å². The van der Waals surface area contributed by atoms with Crippen molar-refractivity contribution in [3.8, 4) is 0 Å². The quantitative estimate of drug-likeness (QED) is 0.870. The molecule has 1 aromatic heterocycles. The van der Waals surface area contributed by atoms with Gasteiger partial charge in [0.2, 0.25) is 0 Å². The van der Waals surface area contributed by atoms with E-state index in [4.69, 9.17) is 5.73 Å². The molecular formula is C12H19N3O3S2. The third-order valence-corrected chi connectivity index (χ3v) is 5.88. The molecule has 0 unspecified atom stereocenters. The Bertz CT molecular complexity index is 616. The number of nitrogens with zero attached hydrogens (tertiary/aromatic N) is 1. The van der Waals surface area contributed by atoms with Crippen LogP contribution in [0, 0.1) is 0 Å². The summed E-state index contributed by atoms with van der Waals surface area (Å²) in [5.74, 6) is -0.347. The van der Waals surface area contributed by atoms with Gasteiger partial charge in [-0.2, -0.15) is 0 Å². The molecular weight excluding hydrogens is 298 g/mol. The number of amides is 1. The highest BCUT2D eigenvalue weighted by Gasteiger charge is 2.30. The molecule has 2 heterocycles. The molecule has 0 radical (unpaired) electrons. The van der Waals surface area contributed by atoms with Crippen molar-refractivity contribution in [1.29, 1.82) is 0 Å². The van der Waals surface area contributed by atoms with Gasteiger partial charge in [0.25, 0.3) is 5.91 Å². The van der Waals surface area contributed by atoms with Crippen LogP contribution < -0.4 is 16.0 Å². The normalized spacial score (nSPS) is 16.2. The van der Waals surface area contributed by atoms with E-state index in [1.165, 1.54) is 7.05 Å². The van der Waals surface area contributed by atoms with Gasteiger partial charge >= 0.3 is 0 Å². The minimum absolute atomic E-state index is 0.0671. The standard InChI is InChI=1S/C12H19N3O3S2/c1-14-11(16)9-8(13)10(20(2,17)18)12(19-9)15-6-4-3-5-7-15/h3-7,13H2,1-2H3,(H,14,16). The fourth-order valence-corrected chi connectivity index (χ4v) is 5.07. The fourth-order valence-electron chi connectivity index (χ4n) is 2.36. The van der Waals surface area contributed by atoms with Gasteiger partial charge < -0.3 is 16.0 Å². The van der Waals surface area contributed by atoms with Gasteiger partial charge in [-0.15, -0.1) is 11.3 Å². The summed E-state index contributed by atoms with van der Waals surface area (Å²) in [6.07, 6.45) is 4.33. The molecule has 1 aliphatic heterocycles. The molecule has 112 valence electrons. The summed E-state index contributed by atoms with van der Waals surface area (Å²) in [7, 11) is -1.97. The van der Waals surface area contributed by atoms with Gasteiger partial charge in [-0.05, 0) is 19.3 Å². The summed E-state index contributed by atoms with van der Waals surface area (Å²) in [6.45, 7) is 1.60. The summed E-state index contributed by atoms with van der Waals surface area (Å²) < 4.78 is 24.0. The van der Waals surface area contributed by atoms with Gasteiger partial charge in [-0.1, -0.05) is 0 Å². The molecule has 1 aromatic rings. The molecule has 8 heteroatoms. The number of hydrogen-bond donors (Lipinski definition) is 2. The molecule has 1 fully saturated rings. The fraction of sp³-hybridized carbons (Fsp3) is 0.583. The van der Waals surface area contributed by atoms with Crippen LogP contribution in [0.1, 0.15) is 28.9 Å². The molecule has 2 rings (SSSR count). The lowest BCUT2D eigenvalue weighted by Gasteiger charge is -2.28. The number of anilines is 2. The lowest BCUT2D eigenvalue weighted by Crippen LogP contribution is -2.29. The highest BCUT2D eigenvalue weighted by atomic mass is 32.2. The lowest BCUT2D eigenvalue weighted by molar-refractivity contribution is 0.0968. The number of nitrogen functional groups attached to an aromatic ring is 1. The van der Waals surface area contributed by atoms with Crippen LogP contribution in [-0.2, 0) is 9.84 Å². The van der Waals surface area contributed by atoms with Crippen molar-refractivity contribution in [3.63, 3.8) is 0 Å². The maximum absolute atomic E-state index is 12.0. The maximum atomic E-state index is 12.0. The average molecular weight is 317 g/mol. The topological polar surface area (TPSA) is 92.5 Å². The maximum Gasteiger partial charge on any atom is 0.263 e. The third-order valence-electron chi connectivity index (χ3n) is 3.33. The predicted molar refractivity (Wildman–Crippen MR) is 81.3 cm³/mol. The molecule has 1 aliphatic rings. The van der Waals surface area contributed by atoms with E-state index in [1.54, 1.807) is 0 Å². The Morgan fingerprint density at radius 1 is 1.30 bits per heavy atom. The summed E-state index contributed by atoms with van der Waals surface area (Å²) in [5, 5.41) is 3.10. The Labute approximate surface area is 122 Å². The number of carbonyl (C=O) groups is 1. The first-order valence-corrected chi connectivity index (χ1v) is 9.16. The first-order valence-electron chi connectivity index (χ1n) is 6.45. The molecule has 1 saturated heterocycles. The second kappa shape index (κ2) is 5.61. The van der Waals surface area contributed by atoms with Crippen molar-refractivity contribution in [2.45, 2.75) is 24.2 Å². The van der Waals surface area contributed by atoms with Crippen molar-refractivity contribution in [3.05, 3.63) is 4.88 Å². The minimum Gasteiger partial charge on any atom is -0.396 e. The first kappa shape index (κ1) is 15.1. The van der Waals surface area contributed by atoms with Crippen LogP contribution in [0.3, 0.4) is 0 Å². The third kappa shape index (κ3) is 2.76. The summed E-state index contributed by atoms with van der Waals surface area (Å²) in [5.41, 5.74) is 5.98. The Hall–Kier alpha value is -1.28. The molecule has 0 aromatic carbocycles. The number of hydrogen-bond acceptors (Lipinski definition) is 6. The number of piperidine rings is 1. The largest absolute Gasteiger partial charge is 0.396 e. The monoisotopic (exact) mass is 317 g/mol. The van der Waals surface area contributed by atoms with Crippen molar-refractivity contribution >= 4 is 37.8 Å². The highest BCUT2D eigenvalue weighted by Crippen LogP contribution is 2.42. The smallest absolute Gasteiger partial charge is 0.263 e. The van der Waals surface area contributed by atoms with E-state index in [0.717, 1.165) is 49.9 Å². The first-order chi connectivity index (χ1) is 9.36. The van der Waals surface area contributed by atoms with Gasteiger partial charge in [-0.3, -0.25) is 4.79 Å². The summed E-state index contributed by atoms with van der Waals surface area (Å²) in [4.78, 5) is 14.2. The van der Waals surface area contributed by atoms with Gasteiger partial charge in [0.05, 0.1) is 5.69 Å². The van der Waals surface area contributed by atoms with Crippen LogP contribution in [0.4, 0.5) is 10.7 Å². The van der Waals surface area contributed by atoms with Gasteiger partial charge in [0.15, 0.2) is 9.84 Å². The number of rotatable bonds is 3. The second-order valence-electron chi connectivity index (χ2n) is 4.88. The number of carbonyl (C=O) groups excluding carboxylic acids is 1. The predicted octanol–water partition coefficient (Wildman–Crippen LogP) is 1.08. The molecule has 0 aliphatic carbocycles. The van der Waals surface area contributed by atoms with Crippen LogP contribution in [-0.4, -0.2) is 40.7 Å². The molecule has 0 spiro atoms. The van der Waals surface area contributed by atoms with Crippen molar-refractivity contribution < 1.29 is 13.2 Å². The molecule has 6 nitrogen and oxygen atoms in total. The van der Waals surface area contributed by atoms with Crippen LogP contribution in [0.5, 0.6) is 0 Å². The second-order valence-corrected chi connectivity index (χ2v) is 7.83.